The third kappa shape index (κ3) is 6.40. The molecule has 1 fully saturated rings. The molecule has 138 valence electrons. The lowest BCUT2D eigenvalue weighted by atomic mass is 9.83. The Morgan fingerprint density at radius 1 is 1.24 bits per heavy atom. The number of carbonyl (C=O) groups is 2. The van der Waals surface area contributed by atoms with Crippen molar-refractivity contribution in [1.82, 2.24) is 5.32 Å². The molecule has 0 aromatic heterocycles. The van der Waals surface area contributed by atoms with E-state index in [0.717, 1.165) is 5.56 Å². The SMILES string of the molecule is CC(C)(C)OC(=O)N[C@@H](Cc1cccc(C2CCCCC2)c1)C(=O)O. The number of aliphatic carboxylic acids is 1. The van der Waals surface area contributed by atoms with Crippen molar-refractivity contribution in [2.45, 2.75) is 76.9 Å². The molecule has 1 amide bonds. The van der Waals surface area contributed by atoms with Crippen LogP contribution in [0.4, 0.5) is 4.79 Å². The smallest absolute Gasteiger partial charge is 0.408 e. The molecule has 1 atom stereocenters. The van der Waals surface area contributed by atoms with Crippen LogP contribution in [0, 0.1) is 0 Å². The number of alkyl carbamates (subject to hydrolysis) is 1. The van der Waals surface area contributed by atoms with Gasteiger partial charge in [0.2, 0.25) is 0 Å². The zero-order valence-corrected chi connectivity index (χ0v) is 15.4. The summed E-state index contributed by atoms with van der Waals surface area (Å²) in [5.41, 5.74) is 1.54. The maximum Gasteiger partial charge on any atom is 0.408 e. The first-order valence-electron chi connectivity index (χ1n) is 9.06. The average Bonchev–Trinajstić information content (AvgIpc) is 2.53. The van der Waals surface area contributed by atoms with Crippen LogP contribution in [0.15, 0.2) is 24.3 Å². The first-order chi connectivity index (χ1) is 11.7. The summed E-state index contributed by atoms with van der Waals surface area (Å²) >= 11 is 0. The van der Waals surface area contributed by atoms with Gasteiger partial charge in [-0.25, -0.2) is 9.59 Å². The minimum absolute atomic E-state index is 0.245. The van der Waals surface area contributed by atoms with E-state index >= 15 is 0 Å². The van der Waals surface area contributed by atoms with Gasteiger partial charge >= 0.3 is 12.1 Å². The Bertz CT molecular complexity index is 600. The average molecular weight is 347 g/mol. The van der Waals surface area contributed by atoms with E-state index in [1.54, 1.807) is 20.8 Å². The lowest BCUT2D eigenvalue weighted by Gasteiger charge is -2.23. The predicted octanol–water partition coefficient (Wildman–Crippen LogP) is 4.25. The van der Waals surface area contributed by atoms with Crippen molar-refractivity contribution in [3.63, 3.8) is 0 Å². The van der Waals surface area contributed by atoms with Gasteiger partial charge in [-0.2, -0.15) is 0 Å². The van der Waals surface area contributed by atoms with Gasteiger partial charge in [0, 0.05) is 6.42 Å². The van der Waals surface area contributed by atoms with E-state index in [2.05, 4.69) is 17.4 Å². The van der Waals surface area contributed by atoms with Gasteiger partial charge in [-0.1, -0.05) is 43.5 Å². The highest BCUT2D eigenvalue weighted by atomic mass is 16.6. The second-order valence-electron chi connectivity index (χ2n) is 7.82. The van der Waals surface area contributed by atoms with Crippen LogP contribution in [0.25, 0.3) is 0 Å². The summed E-state index contributed by atoms with van der Waals surface area (Å²) in [6.07, 6.45) is 5.75. The van der Waals surface area contributed by atoms with Gasteiger partial charge in [0.05, 0.1) is 0 Å². The van der Waals surface area contributed by atoms with Crippen LogP contribution in [0.2, 0.25) is 0 Å². The number of ether oxygens (including phenoxy) is 1. The Balaban J connectivity index is 2.03. The Kier molecular flexibility index (Phi) is 6.45. The second kappa shape index (κ2) is 8.37. The minimum atomic E-state index is -1.06. The monoisotopic (exact) mass is 347 g/mol. The van der Waals surface area contributed by atoms with Gasteiger partial charge in [0.15, 0.2) is 0 Å². The molecule has 1 aromatic carbocycles. The van der Waals surface area contributed by atoms with Crippen molar-refractivity contribution in [3.05, 3.63) is 35.4 Å². The molecule has 1 saturated carbocycles. The molecule has 2 rings (SSSR count). The van der Waals surface area contributed by atoms with Gasteiger partial charge < -0.3 is 15.2 Å². The summed E-state index contributed by atoms with van der Waals surface area (Å²) < 4.78 is 5.16. The number of amides is 1. The van der Waals surface area contributed by atoms with Crippen molar-refractivity contribution < 1.29 is 19.4 Å². The summed E-state index contributed by atoms with van der Waals surface area (Å²) in [5.74, 6) is -0.496. The Morgan fingerprint density at radius 3 is 2.52 bits per heavy atom. The lowest BCUT2D eigenvalue weighted by molar-refractivity contribution is -0.139. The molecule has 2 N–H and O–H groups in total. The fourth-order valence-corrected chi connectivity index (χ4v) is 3.30. The summed E-state index contributed by atoms with van der Waals surface area (Å²) in [6, 6.07) is 7.10. The van der Waals surface area contributed by atoms with Crippen LogP contribution in [-0.4, -0.2) is 28.8 Å². The molecular formula is C20H29NO4. The van der Waals surface area contributed by atoms with Crippen molar-refractivity contribution in [2.24, 2.45) is 0 Å². The number of rotatable bonds is 5. The first kappa shape index (κ1) is 19.3. The topological polar surface area (TPSA) is 75.6 Å². The fraction of sp³-hybridized carbons (Fsp3) is 0.600. The Hall–Kier alpha value is -2.04. The lowest BCUT2D eigenvalue weighted by Crippen LogP contribution is -2.44. The fourth-order valence-electron chi connectivity index (χ4n) is 3.30. The first-order valence-corrected chi connectivity index (χ1v) is 9.06. The van der Waals surface area contributed by atoms with Crippen LogP contribution < -0.4 is 5.32 Å². The molecule has 25 heavy (non-hydrogen) atoms. The molecule has 0 saturated heterocycles. The van der Waals surface area contributed by atoms with E-state index in [9.17, 15) is 14.7 Å². The van der Waals surface area contributed by atoms with Crippen LogP contribution in [0.3, 0.4) is 0 Å². The third-order valence-electron chi connectivity index (χ3n) is 4.46. The zero-order chi connectivity index (χ0) is 18.4. The van der Waals surface area contributed by atoms with Gasteiger partial charge in [-0.3, -0.25) is 0 Å². The number of nitrogens with one attached hydrogen (secondary N) is 1. The Labute approximate surface area is 149 Å². The van der Waals surface area contributed by atoms with E-state index in [4.69, 9.17) is 4.74 Å². The molecule has 1 aromatic rings. The van der Waals surface area contributed by atoms with E-state index < -0.39 is 23.7 Å². The van der Waals surface area contributed by atoms with E-state index in [-0.39, 0.29) is 6.42 Å². The van der Waals surface area contributed by atoms with E-state index in [0.29, 0.717) is 5.92 Å². The van der Waals surface area contributed by atoms with Crippen molar-refractivity contribution in [1.29, 1.82) is 0 Å². The van der Waals surface area contributed by atoms with Crippen molar-refractivity contribution >= 4 is 12.1 Å². The predicted molar refractivity (Wildman–Crippen MR) is 96.8 cm³/mol. The summed E-state index contributed by atoms with van der Waals surface area (Å²) in [6.45, 7) is 5.24. The molecule has 0 heterocycles. The highest BCUT2D eigenvalue weighted by Gasteiger charge is 2.24. The zero-order valence-electron chi connectivity index (χ0n) is 15.4. The molecule has 1 aliphatic carbocycles. The quantitative estimate of drug-likeness (QED) is 0.835. The van der Waals surface area contributed by atoms with Crippen LogP contribution in [-0.2, 0) is 16.0 Å². The summed E-state index contributed by atoms with van der Waals surface area (Å²) in [4.78, 5) is 23.4. The normalized spacial score (nSPS) is 16.9. The van der Waals surface area contributed by atoms with Crippen LogP contribution in [0.1, 0.15) is 69.9 Å². The molecule has 5 nitrogen and oxygen atoms in total. The number of hydrogen-bond donors (Lipinski definition) is 2. The van der Waals surface area contributed by atoms with Crippen molar-refractivity contribution in [2.75, 3.05) is 0 Å². The van der Waals surface area contributed by atoms with Crippen LogP contribution >= 0.6 is 0 Å². The van der Waals surface area contributed by atoms with Gasteiger partial charge in [0.25, 0.3) is 0 Å². The maximum atomic E-state index is 11.9. The third-order valence-corrected chi connectivity index (χ3v) is 4.46. The highest BCUT2D eigenvalue weighted by molar-refractivity contribution is 5.80. The molecule has 1 aliphatic rings. The number of hydrogen-bond acceptors (Lipinski definition) is 3. The van der Waals surface area contributed by atoms with E-state index in [1.165, 1.54) is 37.7 Å². The molecule has 5 heteroatoms. The van der Waals surface area contributed by atoms with Crippen LogP contribution in [0.5, 0.6) is 0 Å². The van der Waals surface area contributed by atoms with Gasteiger partial charge in [0.1, 0.15) is 11.6 Å². The Morgan fingerprint density at radius 2 is 1.92 bits per heavy atom. The standard InChI is InChI=1S/C20H29NO4/c1-20(2,3)25-19(24)21-17(18(22)23)13-14-8-7-11-16(12-14)15-9-5-4-6-10-15/h7-8,11-12,15,17H,4-6,9-10,13H2,1-3H3,(H,21,24)(H,22,23)/t17-/m0/s1. The molecule has 0 unspecified atom stereocenters. The second-order valence-corrected chi connectivity index (χ2v) is 7.82. The van der Waals surface area contributed by atoms with Gasteiger partial charge in [-0.15, -0.1) is 0 Å². The minimum Gasteiger partial charge on any atom is -0.480 e. The number of carbonyl (C=O) groups excluding carboxylic acids is 1. The summed E-state index contributed by atoms with van der Waals surface area (Å²) in [5, 5.41) is 11.9. The molecule has 0 radical (unpaired) electrons. The molecular weight excluding hydrogens is 318 g/mol. The highest BCUT2D eigenvalue weighted by Crippen LogP contribution is 2.32. The maximum absolute atomic E-state index is 11.9. The number of carboxylic acid groups (broad SMARTS) is 1. The molecule has 0 aliphatic heterocycles. The largest absolute Gasteiger partial charge is 0.480 e. The number of benzene rings is 1. The molecule has 0 spiro atoms. The van der Waals surface area contributed by atoms with Gasteiger partial charge in [-0.05, 0) is 50.7 Å². The summed E-state index contributed by atoms with van der Waals surface area (Å²) in [7, 11) is 0. The molecule has 0 bridgehead atoms. The van der Waals surface area contributed by atoms with E-state index in [1.807, 2.05) is 12.1 Å². The van der Waals surface area contributed by atoms with Crippen molar-refractivity contribution in [3.8, 4) is 0 Å². The number of carboxylic acids is 1.